The number of hydrogen-bond acceptors (Lipinski definition) is 5. The van der Waals surface area contributed by atoms with E-state index in [0.717, 1.165) is 0 Å². The molecule has 0 aliphatic heterocycles. The quantitative estimate of drug-likeness (QED) is 0.504. The third kappa shape index (κ3) is 2.80. The molecule has 0 spiro atoms. The molecule has 2 rings (SSSR count). The molecule has 86 valence electrons. The maximum Gasteiger partial charge on any atom is 0.230 e. The van der Waals surface area contributed by atoms with Crippen LogP contribution in [-0.4, -0.2) is 27.2 Å². The van der Waals surface area contributed by atoms with Crippen molar-refractivity contribution in [3.8, 4) is 5.13 Å². The van der Waals surface area contributed by atoms with Gasteiger partial charge in [0.15, 0.2) is 0 Å². The second kappa shape index (κ2) is 5.10. The van der Waals surface area contributed by atoms with Crippen LogP contribution < -0.4 is 5.32 Å². The van der Waals surface area contributed by atoms with Gasteiger partial charge in [-0.05, 0) is 5.53 Å². The first-order chi connectivity index (χ1) is 8.29. The normalized spacial score (nSPS) is 9.65. The molecule has 0 aliphatic carbocycles. The van der Waals surface area contributed by atoms with E-state index in [4.69, 9.17) is 5.53 Å². The van der Waals surface area contributed by atoms with Crippen LogP contribution in [0.2, 0.25) is 0 Å². The van der Waals surface area contributed by atoms with Crippen LogP contribution >= 0.6 is 11.3 Å². The summed E-state index contributed by atoms with van der Waals surface area (Å²) in [6.45, 7) is -0.237. The summed E-state index contributed by atoms with van der Waals surface area (Å²) in [6, 6.07) is 0. The first-order valence-corrected chi connectivity index (χ1v) is 5.43. The maximum atomic E-state index is 11.2. The van der Waals surface area contributed by atoms with Gasteiger partial charge in [-0.2, -0.15) is 5.10 Å². The molecule has 2 heterocycles. The summed E-state index contributed by atoms with van der Waals surface area (Å²) in [6.07, 6.45) is 4.80. The van der Waals surface area contributed by atoms with Crippen molar-refractivity contribution in [2.75, 3.05) is 11.9 Å². The highest BCUT2D eigenvalue weighted by Crippen LogP contribution is 2.13. The maximum absolute atomic E-state index is 11.2. The van der Waals surface area contributed by atoms with E-state index >= 15 is 0 Å². The zero-order chi connectivity index (χ0) is 12.1. The zero-order valence-electron chi connectivity index (χ0n) is 8.52. The number of carbonyl (C=O) groups excluding carboxylic acids is 1. The molecule has 0 atom stereocenters. The van der Waals surface area contributed by atoms with E-state index in [1.165, 1.54) is 17.5 Å². The summed E-state index contributed by atoms with van der Waals surface area (Å²) < 4.78 is 1.55. The van der Waals surface area contributed by atoms with E-state index in [1.54, 1.807) is 17.1 Å². The molecule has 0 aliphatic rings. The first kappa shape index (κ1) is 11.1. The Labute approximate surface area is 99.5 Å². The molecule has 2 aromatic heterocycles. The molecule has 0 fully saturated rings. The third-order valence-electron chi connectivity index (χ3n) is 1.76. The highest BCUT2D eigenvalue weighted by Gasteiger charge is 2.05. The Hall–Kier alpha value is -2.38. The standard InChI is InChI=1S/C8H7N7OS/c9-14-11-4-7(16)13-6-3-12-15(5-6)8-10-1-2-17-8/h1-3,5H,4H2,(H,13,16). The van der Waals surface area contributed by atoms with Crippen molar-refractivity contribution in [3.05, 3.63) is 34.4 Å². The Balaban J connectivity index is 2.04. The Morgan fingerprint density at radius 2 is 2.59 bits per heavy atom. The van der Waals surface area contributed by atoms with Crippen molar-refractivity contribution >= 4 is 22.9 Å². The highest BCUT2D eigenvalue weighted by molar-refractivity contribution is 7.12. The smallest absolute Gasteiger partial charge is 0.230 e. The summed E-state index contributed by atoms with van der Waals surface area (Å²) in [5.41, 5.74) is 8.59. The second-order valence-corrected chi connectivity index (χ2v) is 3.80. The summed E-state index contributed by atoms with van der Waals surface area (Å²) in [4.78, 5) is 17.8. The van der Waals surface area contributed by atoms with Crippen molar-refractivity contribution in [2.24, 2.45) is 5.11 Å². The number of azide groups is 1. The number of nitrogens with zero attached hydrogens (tertiary/aromatic N) is 6. The van der Waals surface area contributed by atoms with Gasteiger partial charge >= 0.3 is 0 Å². The number of nitrogens with one attached hydrogen (secondary N) is 1. The molecular formula is C8H7N7OS. The number of hydrogen-bond donors (Lipinski definition) is 1. The summed E-state index contributed by atoms with van der Waals surface area (Å²) in [5, 5.41) is 12.3. The predicted octanol–water partition coefficient (Wildman–Crippen LogP) is 1.58. The Bertz CT molecular complexity index is 554. The van der Waals surface area contributed by atoms with Crippen LogP contribution in [0.3, 0.4) is 0 Å². The Kier molecular flexibility index (Phi) is 3.34. The van der Waals surface area contributed by atoms with E-state index in [1.807, 2.05) is 5.38 Å². The van der Waals surface area contributed by atoms with E-state index < -0.39 is 0 Å². The van der Waals surface area contributed by atoms with Gasteiger partial charge in [0.05, 0.1) is 18.1 Å². The molecule has 1 N–H and O–H groups in total. The van der Waals surface area contributed by atoms with Gasteiger partial charge in [-0.1, -0.05) is 5.11 Å². The molecule has 0 bridgehead atoms. The van der Waals surface area contributed by atoms with Crippen LogP contribution in [0.25, 0.3) is 15.6 Å². The van der Waals surface area contributed by atoms with E-state index in [-0.39, 0.29) is 12.5 Å². The minimum Gasteiger partial charge on any atom is -0.323 e. The molecule has 0 saturated carbocycles. The highest BCUT2D eigenvalue weighted by atomic mass is 32.1. The lowest BCUT2D eigenvalue weighted by atomic mass is 10.5. The van der Waals surface area contributed by atoms with Crippen molar-refractivity contribution in [2.45, 2.75) is 0 Å². The van der Waals surface area contributed by atoms with Crippen LogP contribution in [0.5, 0.6) is 0 Å². The molecule has 8 nitrogen and oxygen atoms in total. The van der Waals surface area contributed by atoms with Crippen LogP contribution in [0.1, 0.15) is 0 Å². The van der Waals surface area contributed by atoms with Gasteiger partial charge < -0.3 is 5.32 Å². The van der Waals surface area contributed by atoms with Gasteiger partial charge in [0.25, 0.3) is 0 Å². The number of amides is 1. The van der Waals surface area contributed by atoms with Crippen molar-refractivity contribution in [3.63, 3.8) is 0 Å². The van der Waals surface area contributed by atoms with Crippen molar-refractivity contribution in [1.82, 2.24) is 14.8 Å². The van der Waals surface area contributed by atoms with Crippen molar-refractivity contribution in [1.29, 1.82) is 0 Å². The molecule has 0 unspecified atom stereocenters. The fourth-order valence-corrected chi connectivity index (χ4v) is 1.69. The van der Waals surface area contributed by atoms with Crippen molar-refractivity contribution < 1.29 is 4.79 Å². The van der Waals surface area contributed by atoms with Gasteiger partial charge in [0.2, 0.25) is 11.0 Å². The Morgan fingerprint density at radius 3 is 3.29 bits per heavy atom. The molecule has 0 aromatic carbocycles. The predicted molar refractivity (Wildman–Crippen MR) is 61.9 cm³/mol. The fraction of sp³-hybridized carbons (Fsp3) is 0.125. The van der Waals surface area contributed by atoms with Gasteiger partial charge in [0.1, 0.15) is 6.54 Å². The molecule has 1 amide bonds. The van der Waals surface area contributed by atoms with E-state index in [9.17, 15) is 4.79 Å². The van der Waals surface area contributed by atoms with Crippen LogP contribution in [0.15, 0.2) is 29.1 Å². The number of rotatable bonds is 4. The number of aromatic nitrogens is 3. The summed E-state index contributed by atoms with van der Waals surface area (Å²) in [5.74, 6) is -0.388. The van der Waals surface area contributed by atoms with Gasteiger partial charge in [-0.25, -0.2) is 9.67 Å². The fourth-order valence-electron chi connectivity index (χ4n) is 1.12. The van der Waals surface area contributed by atoms with E-state index in [0.29, 0.717) is 10.8 Å². The minimum absolute atomic E-state index is 0.237. The van der Waals surface area contributed by atoms with Crippen LogP contribution in [0.4, 0.5) is 5.69 Å². The average Bonchev–Trinajstić information content (AvgIpc) is 2.95. The Morgan fingerprint density at radius 1 is 1.71 bits per heavy atom. The molecular weight excluding hydrogens is 242 g/mol. The molecule has 9 heteroatoms. The lowest BCUT2D eigenvalue weighted by Gasteiger charge is -1.97. The van der Waals surface area contributed by atoms with Gasteiger partial charge in [-0.15, -0.1) is 11.3 Å². The lowest BCUT2D eigenvalue weighted by molar-refractivity contribution is -0.114. The second-order valence-electron chi connectivity index (χ2n) is 2.93. The van der Waals surface area contributed by atoms with Crippen LogP contribution in [-0.2, 0) is 4.79 Å². The van der Waals surface area contributed by atoms with Gasteiger partial charge in [0, 0.05) is 16.5 Å². The molecule has 0 saturated heterocycles. The molecule has 17 heavy (non-hydrogen) atoms. The average molecular weight is 249 g/mol. The van der Waals surface area contributed by atoms with Gasteiger partial charge in [-0.3, -0.25) is 4.79 Å². The topological polar surface area (TPSA) is 109 Å². The van der Waals surface area contributed by atoms with Crippen LogP contribution in [0, 0.1) is 0 Å². The lowest BCUT2D eigenvalue weighted by Crippen LogP contribution is -2.13. The SMILES string of the molecule is [N-]=[N+]=NCC(=O)Nc1cnn(-c2nccs2)c1. The summed E-state index contributed by atoms with van der Waals surface area (Å²) in [7, 11) is 0. The minimum atomic E-state index is -0.388. The first-order valence-electron chi connectivity index (χ1n) is 4.55. The number of anilines is 1. The monoisotopic (exact) mass is 249 g/mol. The van der Waals surface area contributed by atoms with E-state index in [2.05, 4.69) is 25.4 Å². The molecule has 2 aromatic rings. The zero-order valence-corrected chi connectivity index (χ0v) is 9.33. The number of carbonyl (C=O) groups is 1. The summed E-state index contributed by atoms with van der Waals surface area (Å²) >= 11 is 1.43. The molecule has 0 radical (unpaired) electrons. The third-order valence-corrected chi connectivity index (χ3v) is 2.52. The number of thiazole rings is 1. The largest absolute Gasteiger partial charge is 0.323 e.